The van der Waals surface area contributed by atoms with Crippen molar-refractivity contribution in [3.8, 4) is 11.1 Å². The Morgan fingerprint density at radius 2 is 1.70 bits per heavy atom. The molecule has 0 amide bonds. The molecule has 0 atom stereocenters. The average molecular weight is 330 g/mol. The van der Waals surface area contributed by atoms with E-state index in [0.29, 0.717) is 16.8 Å². The van der Waals surface area contributed by atoms with Gasteiger partial charge in [-0.25, -0.2) is 4.39 Å². The summed E-state index contributed by atoms with van der Waals surface area (Å²) >= 11 is 5.73. The summed E-state index contributed by atoms with van der Waals surface area (Å²) in [4.78, 5) is 23.8. The van der Waals surface area contributed by atoms with Gasteiger partial charge in [0, 0.05) is 5.69 Å². The average Bonchev–Trinajstić information content (AvgIpc) is 2.53. The highest BCUT2D eigenvalue weighted by molar-refractivity contribution is 6.31. The minimum Gasteiger partial charge on any atom is -0.352 e. The Labute approximate surface area is 137 Å². The van der Waals surface area contributed by atoms with Gasteiger partial charge in [-0.2, -0.15) is 0 Å². The summed E-state index contributed by atoms with van der Waals surface area (Å²) in [7, 11) is 0. The van der Waals surface area contributed by atoms with E-state index in [1.54, 1.807) is 6.07 Å². The van der Waals surface area contributed by atoms with E-state index < -0.39 is 16.7 Å². The summed E-state index contributed by atoms with van der Waals surface area (Å²) in [5.41, 5.74) is 2.72. The third-order valence-corrected chi connectivity index (χ3v) is 4.18. The van der Waals surface area contributed by atoms with E-state index in [0.717, 1.165) is 11.1 Å². The molecule has 0 unspecified atom stereocenters. The molecule has 116 valence electrons. The molecule has 0 saturated heterocycles. The van der Waals surface area contributed by atoms with Crippen LogP contribution in [0.4, 0.5) is 15.8 Å². The van der Waals surface area contributed by atoms with Crippen LogP contribution in [-0.2, 0) is 0 Å². The van der Waals surface area contributed by atoms with Gasteiger partial charge in [-0.3, -0.25) is 9.59 Å². The number of anilines is 2. The van der Waals surface area contributed by atoms with Gasteiger partial charge in [0.25, 0.3) is 5.43 Å². The lowest BCUT2D eigenvalue weighted by Crippen LogP contribution is -2.35. The maximum absolute atomic E-state index is 13.2. The zero-order chi connectivity index (χ0) is 16.7. The molecule has 5 heteroatoms. The highest BCUT2D eigenvalue weighted by atomic mass is 35.5. The summed E-state index contributed by atoms with van der Waals surface area (Å²) in [6.07, 6.45) is 0. The Morgan fingerprint density at radius 3 is 2.35 bits per heavy atom. The largest absolute Gasteiger partial charge is 0.352 e. The van der Waals surface area contributed by atoms with Crippen molar-refractivity contribution in [2.45, 2.75) is 13.8 Å². The molecule has 3 aromatic carbocycles. The molecular formula is C18H13ClFNO2. The van der Waals surface area contributed by atoms with E-state index in [1.807, 2.05) is 26.0 Å². The molecule has 0 aliphatic heterocycles. The van der Waals surface area contributed by atoms with Gasteiger partial charge in [0.2, 0.25) is 5.43 Å². The zero-order valence-corrected chi connectivity index (χ0v) is 13.3. The van der Waals surface area contributed by atoms with Crippen molar-refractivity contribution in [2.24, 2.45) is 0 Å². The zero-order valence-electron chi connectivity index (χ0n) is 12.5. The third-order valence-electron chi connectivity index (χ3n) is 3.89. The van der Waals surface area contributed by atoms with Crippen LogP contribution in [0.15, 0.2) is 46.0 Å². The van der Waals surface area contributed by atoms with Gasteiger partial charge in [0.15, 0.2) is 0 Å². The molecule has 0 aliphatic carbocycles. The van der Waals surface area contributed by atoms with Crippen LogP contribution in [0.5, 0.6) is 0 Å². The first kappa shape index (κ1) is 15.4. The van der Waals surface area contributed by atoms with Gasteiger partial charge in [-0.15, -0.1) is 0 Å². The van der Waals surface area contributed by atoms with Crippen LogP contribution in [0.2, 0.25) is 5.02 Å². The van der Waals surface area contributed by atoms with Gasteiger partial charge in [0.1, 0.15) is 11.5 Å². The first-order chi connectivity index (χ1) is 10.9. The number of aryl methyl sites for hydroxylation is 2. The van der Waals surface area contributed by atoms with E-state index in [-0.39, 0.29) is 10.7 Å². The summed E-state index contributed by atoms with van der Waals surface area (Å²) in [5, 5.41) is 2.81. The lowest BCUT2D eigenvalue weighted by Gasteiger charge is -2.14. The lowest BCUT2D eigenvalue weighted by molar-refractivity contribution is 0.628. The van der Waals surface area contributed by atoms with E-state index in [1.165, 1.54) is 18.2 Å². The van der Waals surface area contributed by atoms with Crippen LogP contribution in [0.25, 0.3) is 11.1 Å². The monoisotopic (exact) mass is 329 g/mol. The first-order valence-corrected chi connectivity index (χ1v) is 7.39. The Hall–Kier alpha value is -2.46. The van der Waals surface area contributed by atoms with Crippen molar-refractivity contribution >= 4 is 23.0 Å². The molecule has 3 rings (SSSR count). The highest BCUT2D eigenvalue weighted by Crippen LogP contribution is 2.29. The van der Waals surface area contributed by atoms with E-state index in [9.17, 15) is 14.0 Å². The fourth-order valence-corrected chi connectivity index (χ4v) is 2.58. The van der Waals surface area contributed by atoms with Gasteiger partial charge in [0.05, 0.1) is 10.6 Å². The molecule has 0 saturated carbocycles. The second-order valence-electron chi connectivity index (χ2n) is 5.46. The summed E-state index contributed by atoms with van der Waals surface area (Å²) in [6, 6.07) is 9.61. The fourth-order valence-electron chi connectivity index (χ4n) is 2.40. The molecule has 3 nitrogen and oxygen atoms in total. The Bertz CT molecular complexity index is 987. The van der Waals surface area contributed by atoms with Crippen LogP contribution in [0.1, 0.15) is 11.1 Å². The van der Waals surface area contributed by atoms with Crippen LogP contribution < -0.4 is 16.2 Å². The van der Waals surface area contributed by atoms with Crippen molar-refractivity contribution in [1.82, 2.24) is 0 Å². The van der Waals surface area contributed by atoms with Crippen LogP contribution in [-0.4, -0.2) is 0 Å². The number of rotatable bonds is 3. The van der Waals surface area contributed by atoms with Crippen molar-refractivity contribution < 1.29 is 4.39 Å². The molecule has 0 bridgehead atoms. The number of benzene rings is 2. The third kappa shape index (κ3) is 2.66. The molecule has 0 heterocycles. The van der Waals surface area contributed by atoms with E-state index in [2.05, 4.69) is 5.32 Å². The van der Waals surface area contributed by atoms with Crippen molar-refractivity contribution in [3.05, 3.63) is 78.8 Å². The summed E-state index contributed by atoms with van der Waals surface area (Å²) in [5.74, 6) is -0.545. The molecule has 0 aliphatic rings. The lowest BCUT2D eigenvalue weighted by atomic mass is 9.95. The normalized spacial score (nSPS) is 11.0. The van der Waals surface area contributed by atoms with Crippen molar-refractivity contribution in [3.63, 3.8) is 0 Å². The second kappa shape index (κ2) is 5.63. The molecule has 23 heavy (non-hydrogen) atoms. The van der Waals surface area contributed by atoms with Crippen LogP contribution >= 0.6 is 11.6 Å². The predicted molar refractivity (Wildman–Crippen MR) is 91.0 cm³/mol. The molecule has 3 aromatic rings. The standard InChI is InChI=1S/C18H13ClFNO2/c1-9-3-4-11(7-10(9)2)15-16(18(23)17(15)22)21-12-5-6-14(20)13(19)8-12/h3-8,21H,1-2H3. The van der Waals surface area contributed by atoms with E-state index >= 15 is 0 Å². The summed E-state index contributed by atoms with van der Waals surface area (Å²) in [6.45, 7) is 3.91. The molecule has 0 fully saturated rings. The van der Waals surface area contributed by atoms with Crippen molar-refractivity contribution in [2.75, 3.05) is 5.32 Å². The molecule has 1 N–H and O–H groups in total. The fraction of sp³-hybridized carbons (Fsp3) is 0.111. The van der Waals surface area contributed by atoms with Crippen LogP contribution in [0.3, 0.4) is 0 Å². The van der Waals surface area contributed by atoms with Gasteiger partial charge >= 0.3 is 0 Å². The maximum atomic E-state index is 13.2. The Morgan fingerprint density at radius 1 is 0.957 bits per heavy atom. The topological polar surface area (TPSA) is 46.2 Å². The predicted octanol–water partition coefficient (Wildman–Crippen LogP) is 4.10. The highest BCUT2D eigenvalue weighted by Gasteiger charge is 2.22. The quantitative estimate of drug-likeness (QED) is 0.736. The van der Waals surface area contributed by atoms with Gasteiger partial charge in [-0.1, -0.05) is 29.8 Å². The van der Waals surface area contributed by atoms with Crippen LogP contribution in [0, 0.1) is 19.7 Å². The number of hydrogen-bond donors (Lipinski definition) is 1. The second-order valence-corrected chi connectivity index (χ2v) is 5.87. The van der Waals surface area contributed by atoms with Gasteiger partial charge in [-0.05, 0) is 48.7 Å². The summed E-state index contributed by atoms with van der Waals surface area (Å²) < 4.78 is 13.2. The Balaban J connectivity index is 2.03. The first-order valence-electron chi connectivity index (χ1n) is 7.01. The van der Waals surface area contributed by atoms with E-state index in [4.69, 9.17) is 11.6 Å². The van der Waals surface area contributed by atoms with Crippen molar-refractivity contribution in [1.29, 1.82) is 0 Å². The molecule has 0 radical (unpaired) electrons. The molecule has 0 aromatic heterocycles. The Kier molecular flexibility index (Phi) is 3.78. The number of hydrogen-bond acceptors (Lipinski definition) is 3. The molecule has 0 spiro atoms. The number of nitrogens with one attached hydrogen (secondary N) is 1. The minimum atomic E-state index is -0.585. The van der Waals surface area contributed by atoms with Gasteiger partial charge < -0.3 is 5.32 Å². The maximum Gasteiger partial charge on any atom is 0.250 e. The SMILES string of the molecule is Cc1ccc(-c2c(Nc3ccc(F)c(Cl)c3)c(=O)c2=O)cc1C. The molecular weight excluding hydrogens is 317 g/mol. The number of halogens is 2. The smallest absolute Gasteiger partial charge is 0.250 e. The minimum absolute atomic E-state index is 0.0542.